The number of fused-ring (bicyclic) bond motifs is 1. The molecule has 0 atom stereocenters. The molecule has 0 unspecified atom stereocenters. The van der Waals surface area contributed by atoms with Crippen LogP contribution >= 0.6 is 0 Å². The Morgan fingerprint density at radius 2 is 1.63 bits per heavy atom. The molecule has 0 aliphatic heterocycles. The van der Waals surface area contributed by atoms with E-state index in [0.717, 1.165) is 48.6 Å². The number of nitrogens with two attached hydrogens (primary N) is 1. The predicted octanol–water partition coefficient (Wildman–Crippen LogP) is 4.39. The fraction of sp³-hybridized carbons (Fsp3) is 0.783. The number of aromatic nitrogens is 4. The van der Waals surface area contributed by atoms with Crippen LogP contribution in [-0.2, 0) is 0 Å². The molecule has 7 heteroatoms. The molecule has 3 saturated carbocycles. The fourth-order valence-electron chi connectivity index (χ4n) is 5.75. The molecule has 0 spiro atoms. The van der Waals surface area contributed by atoms with Crippen LogP contribution < -0.4 is 16.0 Å². The van der Waals surface area contributed by atoms with Gasteiger partial charge in [-0.1, -0.05) is 32.1 Å². The second kappa shape index (κ2) is 8.69. The van der Waals surface area contributed by atoms with E-state index in [2.05, 4.69) is 21.8 Å². The highest BCUT2D eigenvalue weighted by molar-refractivity contribution is 5.85. The van der Waals surface area contributed by atoms with Crippen molar-refractivity contribution in [3.63, 3.8) is 0 Å². The van der Waals surface area contributed by atoms with E-state index in [1.54, 1.807) is 0 Å². The summed E-state index contributed by atoms with van der Waals surface area (Å²) >= 11 is 0. The summed E-state index contributed by atoms with van der Waals surface area (Å²) in [5, 5.41) is 3.65. The van der Waals surface area contributed by atoms with Gasteiger partial charge in [0.2, 0.25) is 5.95 Å². The second-order valence-electron chi connectivity index (χ2n) is 9.79. The molecule has 0 bridgehead atoms. The molecule has 3 aliphatic carbocycles. The summed E-state index contributed by atoms with van der Waals surface area (Å²) in [6, 6.07) is 1.84. The number of imidazole rings is 1. The van der Waals surface area contributed by atoms with Crippen LogP contribution in [0.2, 0.25) is 0 Å². The van der Waals surface area contributed by atoms with Crippen LogP contribution in [0.25, 0.3) is 11.2 Å². The maximum absolute atomic E-state index is 6.11. The van der Waals surface area contributed by atoms with E-state index in [4.69, 9.17) is 20.7 Å². The van der Waals surface area contributed by atoms with Gasteiger partial charge in [0, 0.05) is 31.2 Å². The summed E-state index contributed by atoms with van der Waals surface area (Å²) in [4.78, 5) is 17.2. The number of hydrogen-bond donors (Lipinski definition) is 2. The largest absolute Gasteiger partial charge is 0.355 e. The molecule has 164 valence electrons. The first-order chi connectivity index (χ1) is 14.7. The molecule has 30 heavy (non-hydrogen) atoms. The first kappa shape index (κ1) is 20.0. The molecule has 0 saturated heterocycles. The lowest BCUT2D eigenvalue weighted by molar-refractivity contribution is 0.409. The highest BCUT2D eigenvalue weighted by Gasteiger charge is 2.27. The van der Waals surface area contributed by atoms with E-state index >= 15 is 0 Å². The third kappa shape index (κ3) is 4.01. The van der Waals surface area contributed by atoms with Crippen molar-refractivity contribution in [1.29, 1.82) is 0 Å². The van der Waals surface area contributed by atoms with E-state index in [9.17, 15) is 0 Å². The van der Waals surface area contributed by atoms with Gasteiger partial charge in [0.25, 0.3) is 0 Å². The van der Waals surface area contributed by atoms with Crippen molar-refractivity contribution in [2.75, 3.05) is 17.3 Å². The summed E-state index contributed by atoms with van der Waals surface area (Å²) in [5.74, 6) is 1.76. The molecule has 5 rings (SSSR count). The molecular weight excluding hydrogens is 374 g/mol. The Morgan fingerprint density at radius 3 is 2.37 bits per heavy atom. The van der Waals surface area contributed by atoms with Gasteiger partial charge in [-0.15, -0.1) is 0 Å². The van der Waals surface area contributed by atoms with Gasteiger partial charge < -0.3 is 20.5 Å². The average molecular weight is 412 g/mol. The van der Waals surface area contributed by atoms with E-state index < -0.39 is 0 Å². The van der Waals surface area contributed by atoms with Crippen LogP contribution in [0.15, 0.2) is 6.33 Å². The summed E-state index contributed by atoms with van der Waals surface area (Å²) in [5.41, 5.74) is 8.08. The highest BCUT2D eigenvalue weighted by atomic mass is 15.3. The summed E-state index contributed by atoms with van der Waals surface area (Å²) in [6.45, 7) is 0. The van der Waals surface area contributed by atoms with Crippen LogP contribution in [0.3, 0.4) is 0 Å². The van der Waals surface area contributed by atoms with Crippen LogP contribution in [0, 0.1) is 0 Å². The van der Waals surface area contributed by atoms with Crippen molar-refractivity contribution in [1.82, 2.24) is 19.5 Å². The predicted molar refractivity (Wildman–Crippen MR) is 122 cm³/mol. The molecule has 0 radical (unpaired) electrons. The smallest absolute Gasteiger partial charge is 0.227 e. The van der Waals surface area contributed by atoms with Crippen LogP contribution in [-0.4, -0.2) is 44.7 Å². The maximum atomic E-state index is 6.11. The summed E-state index contributed by atoms with van der Waals surface area (Å²) in [7, 11) is 2.20. The van der Waals surface area contributed by atoms with Crippen molar-refractivity contribution in [2.24, 2.45) is 5.73 Å². The Kier molecular flexibility index (Phi) is 5.81. The molecule has 2 aromatic rings. The van der Waals surface area contributed by atoms with Crippen molar-refractivity contribution in [3.8, 4) is 0 Å². The van der Waals surface area contributed by atoms with Gasteiger partial charge in [-0.2, -0.15) is 9.97 Å². The van der Waals surface area contributed by atoms with E-state index in [-0.39, 0.29) is 0 Å². The number of anilines is 2. The molecule has 3 aliphatic rings. The first-order valence-electron chi connectivity index (χ1n) is 12.2. The van der Waals surface area contributed by atoms with Gasteiger partial charge in [0.05, 0.1) is 6.33 Å². The number of nitrogens with one attached hydrogen (secondary N) is 1. The lowest BCUT2D eigenvalue weighted by Gasteiger charge is -2.32. The highest BCUT2D eigenvalue weighted by Crippen LogP contribution is 2.35. The summed E-state index contributed by atoms with van der Waals surface area (Å²) in [6.07, 6.45) is 17.9. The monoisotopic (exact) mass is 411 g/mol. The van der Waals surface area contributed by atoms with E-state index in [0.29, 0.717) is 24.2 Å². The Morgan fingerprint density at radius 1 is 0.933 bits per heavy atom. The van der Waals surface area contributed by atoms with Crippen LogP contribution in [0.5, 0.6) is 0 Å². The minimum atomic E-state index is 0.350. The zero-order chi connectivity index (χ0) is 20.5. The molecular formula is C23H37N7. The van der Waals surface area contributed by atoms with Gasteiger partial charge in [0.15, 0.2) is 17.0 Å². The zero-order valence-electron chi connectivity index (χ0n) is 18.4. The molecule has 7 nitrogen and oxygen atoms in total. The number of nitrogens with zero attached hydrogens (tertiary/aromatic N) is 5. The Hall–Kier alpha value is -1.89. The standard InChI is InChI=1S/C23H37N7/c1-29(18-7-3-2-4-8-18)21-20-22(30(15-25-20)19-9-5-6-10-19)28-23(27-21)26-17-13-11-16(24)12-14-17/h15-19H,2-14,24H2,1H3,(H,26,27,28). The van der Waals surface area contributed by atoms with Gasteiger partial charge in [0.1, 0.15) is 0 Å². The second-order valence-corrected chi connectivity index (χ2v) is 9.79. The molecule has 3 N–H and O–H groups in total. The summed E-state index contributed by atoms with van der Waals surface area (Å²) < 4.78 is 2.32. The molecule has 2 heterocycles. The third-order valence-electron chi connectivity index (χ3n) is 7.68. The van der Waals surface area contributed by atoms with Crippen LogP contribution in [0.1, 0.15) is 89.5 Å². The van der Waals surface area contributed by atoms with Gasteiger partial charge in [-0.25, -0.2) is 4.98 Å². The molecule has 2 aromatic heterocycles. The lowest BCUT2D eigenvalue weighted by atomic mass is 9.92. The SMILES string of the molecule is CN(c1nc(NC2CCC(N)CC2)nc2c1ncn2C1CCCC1)C1CCCCC1. The van der Waals surface area contributed by atoms with E-state index in [1.165, 1.54) is 57.8 Å². The van der Waals surface area contributed by atoms with Crippen molar-refractivity contribution in [3.05, 3.63) is 6.33 Å². The van der Waals surface area contributed by atoms with Gasteiger partial charge >= 0.3 is 0 Å². The molecule has 0 amide bonds. The van der Waals surface area contributed by atoms with Crippen molar-refractivity contribution >= 4 is 22.9 Å². The topological polar surface area (TPSA) is 84.9 Å². The average Bonchev–Trinajstić information content (AvgIpc) is 3.45. The normalized spacial score (nSPS) is 26.3. The van der Waals surface area contributed by atoms with Crippen LogP contribution in [0.4, 0.5) is 11.8 Å². The maximum Gasteiger partial charge on any atom is 0.227 e. The van der Waals surface area contributed by atoms with E-state index in [1.807, 2.05) is 6.33 Å². The minimum absolute atomic E-state index is 0.350. The Labute approximate surface area is 179 Å². The fourth-order valence-corrected chi connectivity index (χ4v) is 5.75. The minimum Gasteiger partial charge on any atom is -0.355 e. The number of hydrogen-bond acceptors (Lipinski definition) is 6. The first-order valence-corrected chi connectivity index (χ1v) is 12.2. The quantitative estimate of drug-likeness (QED) is 0.759. The lowest BCUT2D eigenvalue weighted by Crippen LogP contribution is -2.35. The molecule has 3 fully saturated rings. The third-order valence-corrected chi connectivity index (χ3v) is 7.68. The Balaban J connectivity index is 1.49. The zero-order valence-corrected chi connectivity index (χ0v) is 18.4. The number of rotatable bonds is 5. The van der Waals surface area contributed by atoms with Crippen molar-refractivity contribution < 1.29 is 0 Å². The van der Waals surface area contributed by atoms with Crippen molar-refractivity contribution in [2.45, 2.75) is 108 Å². The van der Waals surface area contributed by atoms with Gasteiger partial charge in [-0.3, -0.25) is 0 Å². The molecule has 0 aromatic carbocycles. The van der Waals surface area contributed by atoms with Gasteiger partial charge in [-0.05, 0) is 51.4 Å². The Bertz CT molecular complexity index is 843.